The second-order valence-corrected chi connectivity index (χ2v) is 6.86. The van der Waals surface area contributed by atoms with Gasteiger partial charge in [-0.05, 0) is 56.6 Å². The van der Waals surface area contributed by atoms with Crippen LogP contribution in [0.3, 0.4) is 0 Å². The summed E-state index contributed by atoms with van der Waals surface area (Å²) in [6.07, 6.45) is 5.54. The Bertz CT molecular complexity index is 966. The molecule has 0 spiro atoms. The summed E-state index contributed by atoms with van der Waals surface area (Å²) in [5.41, 5.74) is 2.50. The van der Waals surface area contributed by atoms with E-state index < -0.39 is 0 Å². The number of nitrogens with one attached hydrogen (secondary N) is 1. The van der Waals surface area contributed by atoms with Gasteiger partial charge >= 0.3 is 0 Å². The number of hydrogen-bond acceptors (Lipinski definition) is 4. The highest BCUT2D eigenvalue weighted by Crippen LogP contribution is 2.34. The smallest absolute Gasteiger partial charge is 0.221 e. The number of furan rings is 1. The zero-order chi connectivity index (χ0) is 18.6. The van der Waals surface area contributed by atoms with Crippen LogP contribution in [0.1, 0.15) is 34.5 Å². The summed E-state index contributed by atoms with van der Waals surface area (Å²) < 4.78 is 12.1. The fourth-order valence-corrected chi connectivity index (χ4v) is 3.50. The van der Waals surface area contributed by atoms with Crippen LogP contribution in [0.5, 0.6) is 5.75 Å². The summed E-state index contributed by atoms with van der Waals surface area (Å²) in [6, 6.07) is 15.5. The summed E-state index contributed by atoms with van der Waals surface area (Å²) in [4.78, 5) is 12.7. The average molecular weight is 361 g/mol. The minimum Gasteiger partial charge on any atom is -0.490 e. The van der Waals surface area contributed by atoms with Crippen LogP contribution in [-0.2, 0) is 0 Å². The highest BCUT2D eigenvalue weighted by molar-refractivity contribution is 6.09. The Morgan fingerprint density at radius 3 is 2.67 bits per heavy atom. The van der Waals surface area contributed by atoms with Crippen molar-refractivity contribution in [3.05, 3.63) is 71.5 Å². The molecule has 4 heteroatoms. The highest BCUT2D eigenvalue weighted by atomic mass is 16.5. The van der Waals surface area contributed by atoms with Gasteiger partial charge in [-0.25, -0.2) is 0 Å². The summed E-state index contributed by atoms with van der Waals surface area (Å²) >= 11 is 0. The van der Waals surface area contributed by atoms with Crippen molar-refractivity contribution in [2.75, 3.05) is 13.1 Å². The molecule has 4 nitrogen and oxygen atoms in total. The quantitative estimate of drug-likeness (QED) is 0.525. The largest absolute Gasteiger partial charge is 0.490 e. The Morgan fingerprint density at radius 1 is 1.11 bits per heavy atom. The van der Waals surface area contributed by atoms with E-state index in [1.165, 1.54) is 0 Å². The van der Waals surface area contributed by atoms with Crippen molar-refractivity contribution in [3.63, 3.8) is 0 Å². The maximum absolute atomic E-state index is 12.7. The number of piperidine rings is 1. The lowest BCUT2D eigenvalue weighted by atomic mass is 10.1. The molecule has 0 aliphatic carbocycles. The third-order valence-electron chi connectivity index (χ3n) is 4.95. The molecule has 1 saturated heterocycles. The predicted octanol–water partition coefficient (Wildman–Crippen LogP) is 4.77. The summed E-state index contributed by atoms with van der Waals surface area (Å²) in [7, 11) is 0. The second kappa shape index (κ2) is 7.80. The number of carbonyl (C=O) groups excluding carboxylic acids is 1. The maximum Gasteiger partial charge on any atom is 0.221 e. The van der Waals surface area contributed by atoms with Gasteiger partial charge < -0.3 is 14.5 Å². The van der Waals surface area contributed by atoms with Gasteiger partial charge in [-0.2, -0.15) is 0 Å². The molecule has 3 aromatic rings. The zero-order valence-electron chi connectivity index (χ0n) is 15.4. The molecule has 0 amide bonds. The molecule has 1 fully saturated rings. The number of benzene rings is 2. The number of aryl methyl sites for hydroxylation is 1. The topological polar surface area (TPSA) is 51.5 Å². The molecular formula is C23H23NO3. The zero-order valence-corrected chi connectivity index (χ0v) is 15.4. The van der Waals surface area contributed by atoms with Crippen LogP contribution in [0.25, 0.3) is 17.0 Å². The molecule has 0 unspecified atom stereocenters. The van der Waals surface area contributed by atoms with Crippen LogP contribution in [-0.4, -0.2) is 25.0 Å². The molecule has 4 rings (SSSR count). The molecular weight excluding hydrogens is 338 g/mol. The molecule has 1 aliphatic rings. The number of hydrogen-bond donors (Lipinski definition) is 1. The van der Waals surface area contributed by atoms with Gasteiger partial charge in [0.25, 0.3) is 0 Å². The summed E-state index contributed by atoms with van der Waals surface area (Å²) in [6.45, 7) is 3.86. The van der Waals surface area contributed by atoms with E-state index in [-0.39, 0.29) is 11.9 Å². The van der Waals surface area contributed by atoms with Crippen molar-refractivity contribution in [3.8, 4) is 5.75 Å². The van der Waals surface area contributed by atoms with E-state index in [9.17, 15) is 4.79 Å². The lowest BCUT2D eigenvalue weighted by Gasteiger charge is -2.24. The standard InChI is InChI=1S/C23H23NO3/c1-16-22-20(26-18-12-14-24-15-13-18)8-5-9-21(22)27-23(16)19(25)11-10-17-6-3-2-4-7-17/h2-11,18,24H,12-15H2,1H3/b11-10+. The Hall–Kier alpha value is -2.85. The van der Waals surface area contributed by atoms with Crippen molar-refractivity contribution in [1.82, 2.24) is 5.32 Å². The van der Waals surface area contributed by atoms with Crippen LogP contribution in [0, 0.1) is 6.92 Å². The van der Waals surface area contributed by atoms with Crippen LogP contribution in [0.2, 0.25) is 0 Å². The van der Waals surface area contributed by atoms with E-state index in [0.717, 1.165) is 48.2 Å². The minimum atomic E-state index is -0.139. The average Bonchev–Trinajstić information content (AvgIpc) is 3.05. The number of ether oxygens (including phenoxy) is 1. The molecule has 0 radical (unpaired) electrons. The summed E-state index contributed by atoms with van der Waals surface area (Å²) in [5.74, 6) is 1.03. The van der Waals surface area contributed by atoms with Crippen molar-refractivity contribution < 1.29 is 13.9 Å². The van der Waals surface area contributed by atoms with Crippen molar-refractivity contribution >= 4 is 22.8 Å². The van der Waals surface area contributed by atoms with Crippen LogP contribution < -0.4 is 10.1 Å². The van der Waals surface area contributed by atoms with E-state index in [0.29, 0.717) is 11.3 Å². The van der Waals surface area contributed by atoms with Gasteiger partial charge in [0.15, 0.2) is 5.76 Å². The first kappa shape index (κ1) is 17.6. The fraction of sp³-hybridized carbons (Fsp3) is 0.261. The van der Waals surface area contributed by atoms with E-state index in [1.54, 1.807) is 12.2 Å². The number of allylic oxidation sites excluding steroid dienone is 1. The van der Waals surface area contributed by atoms with Crippen molar-refractivity contribution in [2.45, 2.75) is 25.9 Å². The molecule has 2 aromatic carbocycles. The molecule has 138 valence electrons. The van der Waals surface area contributed by atoms with E-state index in [4.69, 9.17) is 9.15 Å². The number of ketones is 1. The predicted molar refractivity (Wildman–Crippen MR) is 107 cm³/mol. The van der Waals surface area contributed by atoms with Gasteiger partial charge in [-0.3, -0.25) is 4.79 Å². The van der Waals surface area contributed by atoms with Crippen molar-refractivity contribution in [2.24, 2.45) is 0 Å². The van der Waals surface area contributed by atoms with Gasteiger partial charge in [0.2, 0.25) is 5.78 Å². The number of rotatable bonds is 5. The van der Waals surface area contributed by atoms with E-state index in [2.05, 4.69) is 5.32 Å². The fourth-order valence-electron chi connectivity index (χ4n) is 3.50. The first-order chi connectivity index (χ1) is 13.2. The third-order valence-corrected chi connectivity index (χ3v) is 4.95. The van der Waals surface area contributed by atoms with Crippen LogP contribution in [0.4, 0.5) is 0 Å². The third kappa shape index (κ3) is 3.81. The normalized spacial score (nSPS) is 15.4. The molecule has 1 N–H and O–H groups in total. The Kier molecular flexibility index (Phi) is 5.07. The Balaban J connectivity index is 1.62. The minimum absolute atomic E-state index is 0.139. The molecule has 1 aromatic heterocycles. The SMILES string of the molecule is Cc1c(C(=O)/C=C/c2ccccc2)oc2cccc(OC3CCNCC3)c12. The Labute approximate surface area is 158 Å². The molecule has 2 heterocycles. The van der Waals surface area contributed by atoms with Gasteiger partial charge in [-0.15, -0.1) is 0 Å². The molecule has 0 atom stereocenters. The first-order valence-corrected chi connectivity index (χ1v) is 9.39. The maximum atomic E-state index is 12.7. The van der Waals surface area contributed by atoms with E-state index >= 15 is 0 Å². The lowest BCUT2D eigenvalue weighted by Crippen LogP contribution is -2.34. The van der Waals surface area contributed by atoms with Gasteiger partial charge in [-0.1, -0.05) is 42.5 Å². The molecule has 1 aliphatic heterocycles. The Morgan fingerprint density at radius 2 is 1.89 bits per heavy atom. The molecule has 0 saturated carbocycles. The molecule has 27 heavy (non-hydrogen) atoms. The van der Waals surface area contributed by atoms with Crippen molar-refractivity contribution in [1.29, 1.82) is 0 Å². The second-order valence-electron chi connectivity index (χ2n) is 6.86. The number of fused-ring (bicyclic) bond motifs is 1. The monoisotopic (exact) mass is 361 g/mol. The van der Waals surface area contributed by atoms with Gasteiger partial charge in [0.1, 0.15) is 17.4 Å². The summed E-state index contributed by atoms with van der Waals surface area (Å²) in [5, 5.41) is 4.24. The number of carbonyl (C=O) groups is 1. The van der Waals surface area contributed by atoms with E-state index in [1.807, 2.05) is 55.5 Å². The van der Waals surface area contributed by atoms with Crippen LogP contribution in [0.15, 0.2) is 59.0 Å². The van der Waals surface area contributed by atoms with Crippen LogP contribution >= 0.6 is 0 Å². The van der Waals surface area contributed by atoms with Gasteiger partial charge in [0.05, 0.1) is 5.39 Å². The lowest BCUT2D eigenvalue weighted by molar-refractivity contribution is 0.102. The highest BCUT2D eigenvalue weighted by Gasteiger charge is 2.21. The first-order valence-electron chi connectivity index (χ1n) is 9.39. The van der Waals surface area contributed by atoms with Gasteiger partial charge in [0, 0.05) is 5.56 Å². The molecule has 0 bridgehead atoms.